The van der Waals surface area contributed by atoms with Crippen molar-refractivity contribution in [1.29, 1.82) is 0 Å². The van der Waals surface area contributed by atoms with Crippen molar-refractivity contribution in [2.75, 3.05) is 32.8 Å². The summed E-state index contributed by atoms with van der Waals surface area (Å²) < 4.78 is 26.7. The molecule has 1 atom stereocenters. The molecule has 1 saturated heterocycles. The number of carbonyl (C=O) groups is 1. The quantitative estimate of drug-likeness (QED) is 0.610. The largest absolute Gasteiger partial charge is 0.486 e. The van der Waals surface area contributed by atoms with Crippen LogP contribution < -0.4 is 9.47 Å². The number of hydrogen-bond donors (Lipinski definition) is 0. The maximum atomic E-state index is 13.4. The van der Waals surface area contributed by atoms with E-state index < -0.39 is 0 Å². The summed E-state index contributed by atoms with van der Waals surface area (Å²) in [6, 6.07) is 14.2. The summed E-state index contributed by atoms with van der Waals surface area (Å²) in [6.07, 6.45) is 1.45. The summed E-state index contributed by atoms with van der Waals surface area (Å²) in [5.41, 5.74) is 1.25. The van der Waals surface area contributed by atoms with Crippen molar-refractivity contribution in [3.8, 4) is 11.5 Å². The molecule has 3 aromatic rings. The van der Waals surface area contributed by atoms with Crippen molar-refractivity contribution >= 4 is 5.91 Å². The highest BCUT2D eigenvalue weighted by Gasteiger charge is 2.26. The number of aromatic nitrogens is 3. The van der Waals surface area contributed by atoms with E-state index in [1.165, 1.54) is 6.07 Å². The lowest BCUT2D eigenvalue weighted by atomic mass is 10.2. The summed E-state index contributed by atoms with van der Waals surface area (Å²) in [7, 11) is 0. The van der Waals surface area contributed by atoms with Crippen LogP contribution in [-0.4, -0.2) is 69.6 Å². The van der Waals surface area contributed by atoms with Crippen molar-refractivity contribution in [2.24, 2.45) is 0 Å². The topological polar surface area (TPSA) is 72.7 Å². The molecule has 1 aromatic heterocycles. The fourth-order valence-electron chi connectivity index (χ4n) is 4.01. The average molecular weight is 437 g/mol. The minimum atomic E-state index is -0.228. The summed E-state index contributed by atoms with van der Waals surface area (Å²) in [4.78, 5) is 16.9. The molecule has 0 radical (unpaired) electrons. The maximum absolute atomic E-state index is 13.4. The average Bonchev–Trinajstić information content (AvgIpc) is 3.27. The summed E-state index contributed by atoms with van der Waals surface area (Å²) in [6.45, 7) is 4.16. The van der Waals surface area contributed by atoms with Gasteiger partial charge < -0.3 is 14.4 Å². The molecule has 32 heavy (non-hydrogen) atoms. The fourth-order valence-corrected chi connectivity index (χ4v) is 4.01. The van der Waals surface area contributed by atoms with Crippen LogP contribution in [-0.2, 0) is 13.1 Å². The normalized spacial score (nSPS) is 18.5. The molecular formula is C23H24FN5O3. The smallest absolute Gasteiger partial charge is 0.276 e. The predicted molar refractivity (Wildman–Crippen MR) is 114 cm³/mol. The molecule has 0 spiro atoms. The molecule has 1 fully saturated rings. The van der Waals surface area contributed by atoms with Crippen molar-refractivity contribution in [3.05, 3.63) is 71.8 Å². The van der Waals surface area contributed by atoms with Crippen molar-refractivity contribution in [2.45, 2.75) is 19.2 Å². The van der Waals surface area contributed by atoms with Crippen molar-refractivity contribution in [3.63, 3.8) is 0 Å². The van der Waals surface area contributed by atoms with E-state index in [4.69, 9.17) is 9.47 Å². The number of halogens is 1. The predicted octanol–water partition coefficient (Wildman–Crippen LogP) is 2.22. The number of nitrogens with zero attached hydrogens (tertiary/aromatic N) is 5. The standard InChI is InChI=1S/C23H24FN5O3/c24-18-5-3-4-17(12-18)13-27-8-10-28(11-9-27)23(30)20-15-29(26-25-20)14-19-16-31-21-6-1-2-7-22(21)32-19/h1-7,12,15,19H,8-11,13-14,16H2/t19-/m0/s1. The van der Waals surface area contributed by atoms with Gasteiger partial charge in [0, 0.05) is 32.7 Å². The SMILES string of the molecule is O=C(c1cn(C[C@H]2COc3ccccc3O2)nn1)N1CCN(Cc2cccc(F)c2)CC1. The summed E-state index contributed by atoms with van der Waals surface area (Å²) >= 11 is 0. The van der Waals surface area contributed by atoms with Gasteiger partial charge in [-0.1, -0.05) is 29.5 Å². The lowest BCUT2D eigenvalue weighted by Crippen LogP contribution is -2.48. The number of ether oxygens (including phenoxy) is 2. The zero-order valence-electron chi connectivity index (χ0n) is 17.6. The minimum Gasteiger partial charge on any atom is -0.486 e. The lowest BCUT2D eigenvalue weighted by molar-refractivity contribution is 0.0622. The summed E-state index contributed by atoms with van der Waals surface area (Å²) in [5, 5.41) is 8.17. The highest BCUT2D eigenvalue weighted by Crippen LogP contribution is 2.31. The molecule has 0 N–H and O–H groups in total. The molecule has 1 amide bonds. The number of hydrogen-bond acceptors (Lipinski definition) is 6. The van der Waals surface area contributed by atoms with Crippen LogP contribution in [0.15, 0.2) is 54.7 Å². The highest BCUT2D eigenvalue weighted by molar-refractivity contribution is 5.92. The number of rotatable bonds is 5. The first-order valence-corrected chi connectivity index (χ1v) is 10.7. The molecule has 2 aliphatic rings. The van der Waals surface area contributed by atoms with Gasteiger partial charge in [-0.2, -0.15) is 0 Å². The van der Waals surface area contributed by atoms with Crippen molar-refractivity contribution in [1.82, 2.24) is 24.8 Å². The fraction of sp³-hybridized carbons (Fsp3) is 0.348. The molecule has 8 nitrogen and oxygen atoms in total. The van der Waals surface area contributed by atoms with Gasteiger partial charge in [-0.15, -0.1) is 5.10 Å². The molecule has 0 saturated carbocycles. The second-order valence-corrected chi connectivity index (χ2v) is 8.02. The number of carbonyl (C=O) groups excluding carboxylic acids is 1. The molecule has 0 bridgehead atoms. The monoisotopic (exact) mass is 437 g/mol. The van der Waals surface area contributed by atoms with E-state index in [1.54, 1.807) is 27.9 Å². The van der Waals surface area contributed by atoms with E-state index >= 15 is 0 Å². The van der Waals surface area contributed by atoms with E-state index in [2.05, 4.69) is 15.2 Å². The minimum absolute atomic E-state index is 0.132. The van der Waals surface area contributed by atoms with Gasteiger partial charge in [0.2, 0.25) is 0 Å². The molecule has 0 unspecified atom stereocenters. The Hall–Kier alpha value is -3.46. The molecule has 2 aromatic carbocycles. The van der Waals surface area contributed by atoms with Gasteiger partial charge >= 0.3 is 0 Å². The first kappa shape index (κ1) is 20.4. The van der Waals surface area contributed by atoms with E-state index in [1.807, 2.05) is 30.3 Å². The third-order valence-electron chi connectivity index (χ3n) is 5.67. The van der Waals surface area contributed by atoms with Gasteiger partial charge in [0.25, 0.3) is 5.91 Å². The van der Waals surface area contributed by atoms with Crippen molar-refractivity contribution < 1.29 is 18.7 Å². The Balaban J connectivity index is 1.14. The Morgan fingerprint density at radius 1 is 1.06 bits per heavy atom. The van der Waals surface area contributed by atoms with E-state index in [9.17, 15) is 9.18 Å². The zero-order chi connectivity index (χ0) is 21.9. The Kier molecular flexibility index (Phi) is 5.72. The third kappa shape index (κ3) is 4.57. The Bertz CT molecular complexity index is 1100. The van der Waals surface area contributed by atoms with Crippen LogP contribution in [0.25, 0.3) is 0 Å². The zero-order valence-corrected chi connectivity index (χ0v) is 17.6. The van der Waals surface area contributed by atoms with Crippen LogP contribution in [0, 0.1) is 5.82 Å². The molecule has 0 aliphatic carbocycles. The second kappa shape index (κ2) is 8.96. The lowest BCUT2D eigenvalue weighted by Gasteiger charge is -2.34. The molecule has 2 aliphatic heterocycles. The molecule has 166 valence electrons. The van der Waals surface area contributed by atoms with Gasteiger partial charge in [-0.25, -0.2) is 9.07 Å². The number of fused-ring (bicyclic) bond motifs is 1. The second-order valence-electron chi connectivity index (χ2n) is 8.02. The van der Waals surface area contributed by atoms with E-state index in [0.717, 1.165) is 24.4 Å². The number of para-hydroxylation sites is 2. The van der Waals surface area contributed by atoms with Gasteiger partial charge in [-0.05, 0) is 29.8 Å². The molecule has 5 rings (SSSR count). The molecular weight excluding hydrogens is 413 g/mol. The van der Waals surface area contributed by atoms with Gasteiger partial charge in [0.15, 0.2) is 23.3 Å². The third-order valence-corrected chi connectivity index (χ3v) is 5.67. The summed E-state index contributed by atoms with van der Waals surface area (Å²) in [5.74, 6) is 1.08. The van der Waals surface area contributed by atoms with Gasteiger partial charge in [0.05, 0.1) is 12.7 Å². The maximum Gasteiger partial charge on any atom is 0.276 e. The van der Waals surface area contributed by atoms with E-state index in [0.29, 0.717) is 44.2 Å². The van der Waals surface area contributed by atoms with Crippen LogP contribution in [0.2, 0.25) is 0 Å². The highest BCUT2D eigenvalue weighted by atomic mass is 19.1. The Morgan fingerprint density at radius 3 is 2.69 bits per heavy atom. The number of amides is 1. The Labute approximate surface area is 185 Å². The van der Waals surface area contributed by atoms with E-state index in [-0.39, 0.29) is 17.8 Å². The molecule has 9 heteroatoms. The van der Waals surface area contributed by atoms with Crippen LogP contribution in [0.3, 0.4) is 0 Å². The van der Waals surface area contributed by atoms with Gasteiger partial charge in [0.1, 0.15) is 12.4 Å². The first-order valence-electron chi connectivity index (χ1n) is 10.7. The van der Waals surface area contributed by atoms with Crippen LogP contribution in [0.4, 0.5) is 4.39 Å². The van der Waals surface area contributed by atoms with Crippen LogP contribution in [0.5, 0.6) is 11.5 Å². The van der Waals surface area contributed by atoms with Gasteiger partial charge in [-0.3, -0.25) is 9.69 Å². The number of benzene rings is 2. The first-order chi connectivity index (χ1) is 15.6. The Morgan fingerprint density at radius 2 is 1.88 bits per heavy atom. The van der Waals surface area contributed by atoms with Crippen LogP contribution in [0.1, 0.15) is 16.1 Å². The molecule has 3 heterocycles. The number of piperazine rings is 1. The van der Waals surface area contributed by atoms with Crippen LogP contribution >= 0.6 is 0 Å².